The Morgan fingerprint density at radius 1 is 1.06 bits per heavy atom. The van der Waals surface area contributed by atoms with Crippen molar-refractivity contribution in [2.75, 3.05) is 26.9 Å². The Morgan fingerprint density at radius 3 is 2.55 bits per heavy atom. The molecule has 0 aliphatic carbocycles. The van der Waals surface area contributed by atoms with Gasteiger partial charge in [-0.3, -0.25) is 9.59 Å². The standard InChI is InChI=1S/C27H27NO5/c1-4-33-22-13-12-19(16-17(22)2)25(29)23-24(28(14-15-32-3)27(31)26(23)30)21-11-7-9-18-8-5-6-10-20(18)21/h5-13,16,24,29H,4,14-15H2,1-3H3/b25-23-. The van der Waals surface area contributed by atoms with Gasteiger partial charge in [-0.05, 0) is 53.9 Å². The first-order valence-corrected chi connectivity index (χ1v) is 11.0. The molecule has 1 aliphatic rings. The topological polar surface area (TPSA) is 76.1 Å². The van der Waals surface area contributed by atoms with Crippen molar-refractivity contribution in [1.82, 2.24) is 4.90 Å². The molecule has 1 amide bonds. The summed E-state index contributed by atoms with van der Waals surface area (Å²) >= 11 is 0. The number of rotatable bonds is 7. The van der Waals surface area contributed by atoms with Crippen molar-refractivity contribution in [3.63, 3.8) is 0 Å². The highest BCUT2D eigenvalue weighted by atomic mass is 16.5. The SMILES string of the molecule is CCOc1ccc(/C(O)=C2/C(=O)C(=O)N(CCOC)C2c2cccc3ccccc23)cc1C. The van der Waals surface area contributed by atoms with Crippen LogP contribution in [0.3, 0.4) is 0 Å². The van der Waals surface area contributed by atoms with Crippen LogP contribution in [0.15, 0.2) is 66.2 Å². The minimum Gasteiger partial charge on any atom is -0.507 e. The molecule has 1 fully saturated rings. The smallest absolute Gasteiger partial charge is 0.295 e. The third-order valence-corrected chi connectivity index (χ3v) is 5.94. The van der Waals surface area contributed by atoms with Crippen LogP contribution in [0.5, 0.6) is 5.75 Å². The molecule has 0 bridgehead atoms. The number of aliphatic hydroxyl groups excluding tert-OH is 1. The van der Waals surface area contributed by atoms with Gasteiger partial charge in [-0.2, -0.15) is 0 Å². The van der Waals surface area contributed by atoms with Crippen molar-refractivity contribution >= 4 is 28.2 Å². The first-order valence-electron chi connectivity index (χ1n) is 11.0. The van der Waals surface area contributed by atoms with Gasteiger partial charge >= 0.3 is 0 Å². The lowest BCUT2D eigenvalue weighted by Crippen LogP contribution is -2.32. The third-order valence-electron chi connectivity index (χ3n) is 5.94. The minimum atomic E-state index is -0.724. The fourth-order valence-electron chi connectivity index (χ4n) is 4.38. The highest BCUT2D eigenvalue weighted by molar-refractivity contribution is 6.46. The predicted molar refractivity (Wildman–Crippen MR) is 127 cm³/mol. The lowest BCUT2D eigenvalue weighted by Gasteiger charge is -2.26. The molecule has 33 heavy (non-hydrogen) atoms. The van der Waals surface area contributed by atoms with Gasteiger partial charge < -0.3 is 19.5 Å². The van der Waals surface area contributed by atoms with Crippen LogP contribution in [0, 0.1) is 6.92 Å². The molecule has 3 aromatic rings. The molecular weight excluding hydrogens is 418 g/mol. The highest BCUT2D eigenvalue weighted by Crippen LogP contribution is 2.42. The van der Waals surface area contributed by atoms with E-state index in [9.17, 15) is 14.7 Å². The van der Waals surface area contributed by atoms with E-state index in [1.807, 2.05) is 56.3 Å². The Bertz CT molecular complexity index is 1240. The summed E-state index contributed by atoms with van der Waals surface area (Å²) in [5.74, 6) is -0.834. The van der Waals surface area contributed by atoms with Gasteiger partial charge in [0.1, 0.15) is 11.5 Å². The van der Waals surface area contributed by atoms with Crippen molar-refractivity contribution < 1.29 is 24.2 Å². The minimum absolute atomic E-state index is 0.0796. The van der Waals surface area contributed by atoms with Gasteiger partial charge in [0, 0.05) is 19.2 Å². The van der Waals surface area contributed by atoms with E-state index in [0.717, 1.165) is 21.9 Å². The van der Waals surface area contributed by atoms with E-state index in [-0.39, 0.29) is 24.5 Å². The van der Waals surface area contributed by atoms with Crippen LogP contribution in [0.2, 0.25) is 0 Å². The fourth-order valence-corrected chi connectivity index (χ4v) is 4.38. The number of hydrogen-bond donors (Lipinski definition) is 1. The molecule has 1 heterocycles. The summed E-state index contributed by atoms with van der Waals surface area (Å²) in [7, 11) is 1.55. The molecule has 0 aromatic heterocycles. The van der Waals surface area contributed by atoms with E-state index in [2.05, 4.69) is 0 Å². The molecule has 170 valence electrons. The molecule has 6 heteroatoms. The zero-order valence-corrected chi connectivity index (χ0v) is 19.0. The molecule has 0 saturated carbocycles. The number of likely N-dealkylation sites (tertiary alicyclic amines) is 1. The lowest BCUT2D eigenvalue weighted by atomic mass is 9.91. The van der Waals surface area contributed by atoms with Gasteiger partial charge in [-0.25, -0.2) is 0 Å². The second kappa shape index (κ2) is 9.46. The molecule has 4 rings (SSSR count). The first-order chi connectivity index (χ1) is 16.0. The molecule has 3 aromatic carbocycles. The number of benzene rings is 3. The van der Waals surface area contributed by atoms with Gasteiger partial charge in [0.05, 0.1) is 24.8 Å². The van der Waals surface area contributed by atoms with E-state index in [1.54, 1.807) is 25.3 Å². The highest BCUT2D eigenvalue weighted by Gasteiger charge is 2.46. The Labute approximate surface area is 193 Å². The average Bonchev–Trinajstić information content (AvgIpc) is 3.08. The summed E-state index contributed by atoms with van der Waals surface area (Å²) in [6, 6.07) is 18.1. The molecular formula is C27H27NO5. The number of fused-ring (bicyclic) bond motifs is 1. The quantitative estimate of drug-likeness (QED) is 0.326. The molecule has 1 N–H and O–H groups in total. The first kappa shape index (κ1) is 22.6. The molecule has 0 radical (unpaired) electrons. The Hall–Kier alpha value is -3.64. The number of ketones is 1. The van der Waals surface area contributed by atoms with Crippen LogP contribution in [0.25, 0.3) is 16.5 Å². The second-order valence-electron chi connectivity index (χ2n) is 7.97. The van der Waals surface area contributed by atoms with Gasteiger partial charge in [0.15, 0.2) is 0 Å². The number of Topliss-reactive ketones (excluding diaryl/α,β-unsaturated/α-hetero) is 1. The van der Waals surface area contributed by atoms with E-state index in [0.29, 0.717) is 17.9 Å². The van der Waals surface area contributed by atoms with Crippen molar-refractivity contribution in [2.45, 2.75) is 19.9 Å². The summed E-state index contributed by atoms with van der Waals surface area (Å²) in [6.45, 7) is 4.81. The van der Waals surface area contributed by atoms with Crippen LogP contribution < -0.4 is 4.74 Å². The summed E-state index contributed by atoms with van der Waals surface area (Å²) in [5.41, 5.74) is 2.16. The van der Waals surface area contributed by atoms with Crippen LogP contribution >= 0.6 is 0 Å². The summed E-state index contributed by atoms with van der Waals surface area (Å²) in [6.07, 6.45) is 0. The maximum atomic E-state index is 13.2. The number of nitrogens with zero attached hydrogens (tertiary/aromatic N) is 1. The number of amides is 1. The van der Waals surface area contributed by atoms with Gasteiger partial charge in [-0.15, -0.1) is 0 Å². The molecule has 1 atom stereocenters. The Morgan fingerprint density at radius 2 is 1.82 bits per heavy atom. The van der Waals surface area contributed by atoms with Crippen LogP contribution in [-0.2, 0) is 14.3 Å². The van der Waals surface area contributed by atoms with Crippen LogP contribution in [-0.4, -0.2) is 48.6 Å². The van der Waals surface area contributed by atoms with E-state index < -0.39 is 17.7 Å². The number of ether oxygens (including phenoxy) is 2. The number of aryl methyl sites for hydroxylation is 1. The second-order valence-corrected chi connectivity index (χ2v) is 7.97. The number of aliphatic hydroxyl groups is 1. The number of methoxy groups -OCH3 is 1. The Kier molecular flexibility index (Phi) is 6.47. The normalized spacial score (nSPS) is 17.7. The van der Waals surface area contributed by atoms with Crippen molar-refractivity contribution in [3.8, 4) is 5.75 Å². The van der Waals surface area contributed by atoms with E-state index in [4.69, 9.17) is 9.47 Å². The summed E-state index contributed by atoms with van der Waals surface area (Å²) in [5, 5.41) is 13.2. The summed E-state index contributed by atoms with van der Waals surface area (Å²) in [4.78, 5) is 27.7. The van der Waals surface area contributed by atoms with Crippen molar-refractivity contribution in [1.29, 1.82) is 0 Å². The molecule has 0 spiro atoms. The molecule has 1 aliphatic heterocycles. The number of hydrogen-bond acceptors (Lipinski definition) is 5. The maximum Gasteiger partial charge on any atom is 0.295 e. The molecule has 1 unspecified atom stereocenters. The van der Waals surface area contributed by atoms with Gasteiger partial charge in [-0.1, -0.05) is 42.5 Å². The van der Waals surface area contributed by atoms with Crippen LogP contribution in [0.4, 0.5) is 0 Å². The van der Waals surface area contributed by atoms with E-state index in [1.165, 1.54) is 4.90 Å². The van der Waals surface area contributed by atoms with Gasteiger partial charge in [0.25, 0.3) is 11.7 Å². The zero-order chi connectivity index (χ0) is 23.5. The number of carbonyl (C=O) groups excluding carboxylic acids is 2. The third kappa shape index (κ3) is 4.10. The molecule has 1 saturated heterocycles. The zero-order valence-electron chi connectivity index (χ0n) is 19.0. The van der Waals surface area contributed by atoms with Crippen molar-refractivity contribution in [2.24, 2.45) is 0 Å². The average molecular weight is 446 g/mol. The maximum absolute atomic E-state index is 13.2. The van der Waals surface area contributed by atoms with Crippen molar-refractivity contribution in [3.05, 3.63) is 82.9 Å². The monoisotopic (exact) mass is 445 g/mol. The predicted octanol–water partition coefficient (Wildman–Crippen LogP) is 4.62. The largest absolute Gasteiger partial charge is 0.507 e. The fraction of sp³-hybridized carbons (Fsp3) is 0.259. The Balaban J connectivity index is 1.92. The summed E-state index contributed by atoms with van der Waals surface area (Å²) < 4.78 is 10.8. The van der Waals surface area contributed by atoms with Gasteiger partial charge in [0.2, 0.25) is 0 Å². The number of carbonyl (C=O) groups is 2. The van der Waals surface area contributed by atoms with E-state index >= 15 is 0 Å². The molecule has 6 nitrogen and oxygen atoms in total. The van der Waals surface area contributed by atoms with Crippen LogP contribution in [0.1, 0.15) is 29.7 Å². The lowest BCUT2D eigenvalue weighted by molar-refractivity contribution is -0.140.